The second kappa shape index (κ2) is 5.95. The minimum Gasteiger partial charge on any atom is -0.312 e. The molecule has 0 radical (unpaired) electrons. The Labute approximate surface area is 121 Å². The molecule has 0 aliphatic carbocycles. The molecule has 3 nitrogen and oxygen atoms in total. The summed E-state index contributed by atoms with van der Waals surface area (Å²) < 4.78 is 0. The highest BCUT2D eigenvalue weighted by molar-refractivity contribution is 5.32. The quantitative estimate of drug-likeness (QED) is 0.917. The van der Waals surface area contributed by atoms with E-state index in [-0.39, 0.29) is 0 Å². The Morgan fingerprint density at radius 1 is 1.25 bits per heavy atom. The summed E-state index contributed by atoms with van der Waals surface area (Å²) in [5.41, 5.74) is 2.07. The molecule has 3 heteroatoms. The van der Waals surface area contributed by atoms with Crippen LogP contribution in [-0.4, -0.2) is 30.1 Å². The highest BCUT2D eigenvalue weighted by atomic mass is 15.2. The lowest BCUT2D eigenvalue weighted by Gasteiger charge is -2.34. The van der Waals surface area contributed by atoms with Crippen LogP contribution in [0.1, 0.15) is 49.8 Å². The molecular formula is C17H23N3. The summed E-state index contributed by atoms with van der Waals surface area (Å²) in [5.74, 6) is 0. The van der Waals surface area contributed by atoms with Crippen LogP contribution in [0.2, 0.25) is 0 Å². The van der Waals surface area contributed by atoms with E-state index in [2.05, 4.69) is 35.3 Å². The second-order valence-corrected chi connectivity index (χ2v) is 6.06. The second-order valence-electron chi connectivity index (χ2n) is 6.06. The first kappa shape index (κ1) is 13.6. The Kier molecular flexibility index (Phi) is 4.05. The molecule has 20 heavy (non-hydrogen) atoms. The molecule has 1 aromatic rings. The van der Waals surface area contributed by atoms with Crippen molar-refractivity contribution in [2.75, 3.05) is 13.1 Å². The molecule has 0 bridgehead atoms. The minimum absolute atomic E-state index is 0.442. The summed E-state index contributed by atoms with van der Waals surface area (Å²) >= 11 is 0. The average Bonchev–Trinajstić information content (AvgIpc) is 3.16. The predicted octanol–water partition coefficient (Wildman–Crippen LogP) is 2.84. The van der Waals surface area contributed by atoms with Gasteiger partial charge in [0.2, 0.25) is 0 Å². The molecule has 0 amide bonds. The van der Waals surface area contributed by atoms with Gasteiger partial charge >= 0.3 is 0 Å². The van der Waals surface area contributed by atoms with Gasteiger partial charge in [0.1, 0.15) is 0 Å². The topological polar surface area (TPSA) is 39.1 Å². The summed E-state index contributed by atoms with van der Waals surface area (Å²) in [4.78, 5) is 2.66. The maximum atomic E-state index is 8.90. The van der Waals surface area contributed by atoms with Gasteiger partial charge in [0.25, 0.3) is 0 Å². The van der Waals surface area contributed by atoms with Crippen molar-refractivity contribution in [1.82, 2.24) is 10.2 Å². The third-order valence-electron chi connectivity index (χ3n) is 4.92. The number of nitrogens with zero attached hydrogens (tertiary/aromatic N) is 2. The standard InChI is InChI=1S/C17H23N3/c1-13(15-8-6-14(12-18)7-9-15)20-11-3-5-17(20)16-4-2-10-19-16/h6-9,13,16-17,19H,2-5,10-11H2,1H3. The lowest BCUT2D eigenvalue weighted by molar-refractivity contribution is 0.163. The molecule has 3 rings (SSSR count). The molecule has 3 atom stereocenters. The van der Waals surface area contributed by atoms with E-state index in [4.69, 9.17) is 5.26 Å². The Balaban J connectivity index is 1.74. The monoisotopic (exact) mass is 269 g/mol. The van der Waals surface area contributed by atoms with Crippen molar-refractivity contribution in [3.8, 4) is 6.07 Å². The number of likely N-dealkylation sites (tertiary alicyclic amines) is 1. The summed E-state index contributed by atoms with van der Waals surface area (Å²) in [5, 5.41) is 12.6. The molecule has 106 valence electrons. The van der Waals surface area contributed by atoms with Crippen molar-refractivity contribution in [3.63, 3.8) is 0 Å². The fourth-order valence-electron chi connectivity index (χ4n) is 3.80. The number of nitrogens with one attached hydrogen (secondary N) is 1. The van der Waals surface area contributed by atoms with Gasteiger partial charge in [0.15, 0.2) is 0 Å². The van der Waals surface area contributed by atoms with Crippen LogP contribution < -0.4 is 5.32 Å². The molecule has 3 unspecified atom stereocenters. The van der Waals surface area contributed by atoms with E-state index in [1.165, 1.54) is 44.3 Å². The van der Waals surface area contributed by atoms with Crippen molar-refractivity contribution < 1.29 is 0 Å². The van der Waals surface area contributed by atoms with Gasteiger partial charge in [-0.2, -0.15) is 5.26 Å². The normalized spacial score (nSPS) is 28.4. The Bertz CT molecular complexity index is 482. The van der Waals surface area contributed by atoms with Gasteiger partial charge in [0, 0.05) is 18.1 Å². The highest BCUT2D eigenvalue weighted by Crippen LogP contribution is 2.32. The smallest absolute Gasteiger partial charge is 0.0991 e. The van der Waals surface area contributed by atoms with Gasteiger partial charge in [-0.3, -0.25) is 4.90 Å². The lowest BCUT2D eigenvalue weighted by Crippen LogP contribution is -2.44. The van der Waals surface area contributed by atoms with E-state index in [0.717, 1.165) is 5.56 Å². The minimum atomic E-state index is 0.442. The van der Waals surface area contributed by atoms with Crippen molar-refractivity contribution in [2.24, 2.45) is 0 Å². The van der Waals surface area contributed by atoms with Gasteiger partial charge in [-0.25, -0.2) is 0 Å². The molecule has 2 saturated heterocycles. The fourth-order valence-corrected chi connectivity index (χ4v) is 3.80. The zero-order chi connectivity index (χ0) is 13.9. The Morgan fingerprint density at radius 3 is 2.70 bits per heavy atom. The molecule has 2 aliphatic rings. The average molecular weight is 269 g/mol. The summed E-state index contributed by atoms with van der Waals surface area (Å²) in [6.07, 6.45) is 5.27. The third kappa shape index (κ3) is 2.59. The molecule has 2 heterocycles. The van der Waals surface area contributed by atoms with E-state index in [9.17, 15) is 0 Å². The van der Waals surface area contributed by atoms with Crippen molar-refractivity contribution >= 4 is 0 Å². The van der Waals surface area contributed by atoms with E-state index in [1.54, 1.807) is 0 Å². The largest absolute Gasteiger partial charge is 0.312 e. The van der Waals surface area contributed by atoms with Crippen LogP contribution in [0.3, 0.4) is 0 Å². The zero-order valence-electron chi connectivity index (χ0n) is 12.2. The Morgan fingerprint density at radius 2 is 2.05 bits per heavy atom. The zero-order valence-corrected chi connectivity index (χ0v) is 12.2. The summed E-state index contributed by atoms with van der Waals surface area (Å²) in [6.45, 7) is 4.68. The third-order valence-corrected chi connectivity index (χ3v) is 4.92. The molecule has 2 aliphatic heterocycles. The molecule has 2 fully saturated rings. The van der Waals surface area contributed by atoms with Gasteiger partial charge in [-0.1, -0.05) is 12.1 Å². The van der Waals surface area contributed by atoms with Crippen LogP contribution in [0.4, 0.5) is 0 Å². The molecule has 0 aromatic heterocycles. The molecule has 1 aromatic carbocycles. The molecule has 1 N–H and O–H groups in total. The predicted molar refractivity (Wildman–Crippen MR) is 80.3 cm³/mol. The number of rotatable bonds is 3. The first-order valence-corrected chi connectivity index (χ1v) is 7.79. The van der Waals surface area contributed by atoms with Crippen molar-refractivity contribution in [2.45, 2.75) is 50.7 Å². The van der Waals surface area contributed by atoms with Crippen molar-refractivity contribution in [3.05, 3.63) is 35.4 Å². The molecule has 0 saturated carbocycles. The first-order valence-electron chi connectivity index (χ1n) is 7.79. The molecular weight excluding hydrogens is 246 g/mol. The maximum Gasteiger partial charge on any atom is 0.0991 e. The first-order chi connectivity index (χ1) is 9.79. The molecule has 0 spiro atoms. The number of benzene rings is 1. The van der Waals surface area contributed by atoms with Crippen LogP contribution in [0, 0.1) is 11.3 Å². The van der Waals surface area contributed by atoms with E-state index >= 15 is 0 Å². The number of hydrogen-bond acceptors (Lipinski definition) is 3. The van der Waals surface area contributed by atoms with Crippen LogP contribution >= 0.6 is 0 Å². The SMILES string of the molecule is CC(c1ccc(C#N)cc1)N1CCCC1C1CCCN1. The van der Waals surface area contributed by atoms with Crippen LogP contribution in [0.15, 0.2) is 24.3 Å². The van der Waals surface area contributed by atoms with Gasteiger partial charge < -0.3 is 5.32 Å². The Hall–Kier alpha value is -1.37. The van der Waals surface area contributed by atoms with E-state index in [1.807, 2.05) is 12.1 Å². The summed E-state index contributed by atoms with van der Waals surface area (Å²) in [7, 11) is 0. The summed E-state index contributed by atoms with van der Waals surface area (Å²) in [6, 6.07) is 12.1. The van der Waals surface area contributed by atoms with Crippen LogP contribution in [0.25, 0.3) is 0 Å². The van der Waals surface area contributed by atoms with Gasteiger partial charge in [-0.05, 0) is 63.4 Å². The van der Waals surface area contributed by atoms with Crippen LogP contribution in [-0.2, 0) is 0 Å². The van der Waals surface area contributed by atoms with Gasteiger partial charge in [0.05, 0.1) is 11.6 Å². The fraction of sp³-hybridized carbons (Fsp3) is 0.588. The lowest BCUT2D eigenvalue weighted by atomic mass is 10.00. The number of nitriles is 1. The highest BCUT2D eigenvalue weighted by Gasteiger charge is 2.35. The van der Waals surface area contributed by atoms with E-state index < -0.39 is 0 Å². The maximum absolute atomic E-state index is 8.90. The number of hydrogen-bond donors (Lipinski definition) is 1. The van der Waals surface area contributed by atoms with Crippen molar-refractivity contribution in [1.29, 1.82) is 5.26 Å². The van der Waals surface area contributed by atoms with Crippen LogP contribution in [0.5, 0.6) is 0 Å². The van der Waals surface area contributed by atoms with E-state index in [0.29, 0.717) is 18.1 Å². The van der Waals surface area contributed by atoms with Gasteiger partial charge in [-0.15, -0.1) is 0 Å².